The minimum absolute atomic E-state index is 0.271. The van der Waals surface area contributed by atoms with Gasteiger partial charge in [-0.2, -0.15) is 0 Å². The Bertz CT molecular complexity index is 771. The topological polar surface area (TPSA) is 32.8 Å². The van der Waals surface area contributed by atoms with Crippen molar-refractivity contribution in [3.8, 4) is 5.75 Å². The highest BCUT2D eigenvalue weighted by atomic mass is 32.1. The predicted octanol–water partition coefficient (Wildman–Crippen LogP) is 3.52. The van der Waals surface area contributed by atoms with Crippen molar-refractivity contribution in [3.63, 3.8) is 0 Å². The fourth-order valence-corrected chi connectivity index (χ4v) is 5.11. The number of nitrogens with zero attached hydrogens (tertiary/aromatic N) is 2. The number of carbonyl (C=O) groups is 1. The molecule has 2 aromatic rings. The van der Waals surface area contributed by atoms with Crippen LogP contribution in [-0.4, -0.2) is 48.5 Å². The maximum absolute atomic E-state index is 12.9. The van der Waals surface area contributed by atoms with Gasteiger partial charge in [0.25, 0.3) is 0 Å². The van der Waals surface area contributed by atoms with E-state index in [0.717, 1.165) is 38.2 Å². The number of rotatable bonds is 4. The van der Waals surface area contributed by atoms with Gasteiger partial charge < -0.3 is 9.64 Å². The lowest BCUT2D eigenvalue weighted by molar-refractivity contribution is -0.133. The zero-order valence-corrected chi connectivity index (χ0v) is 16.3. The van der Waals surface area contributed by atoms with E-state index >= 15 is 0 Å². The molecule has 0 unspecified atom stereocenters. The summed E-state index contributed by atoms with van der Waals surface area (Å²) in [5.41, 5.74) is 2.70. The molecule has 1 fully saturated rings. The Balaban J connectivity index is 1.37. The van der Waals surface area contributed by atoms with Gasteiger partial charge in [-0.25, -0.2) is 0 Å². The summed E-state index contributed by atoms with van der Waals surface area (Å²) in [4.78, 5) is 18.8. The van der Waals surface area contributed by atoms with Crippen LogP contribution < -0.4 is 4.74 Å². The van der Waals surface area contributed by atoms with Gasteiger partial charge in [0.05, 0.1) is 13.7 Å². The zero-order chi connectivity index (χ0) is 18.1. The van der Waals surface area contributed by atoms with Crippen LogP contribution >= 0.6 is 11.3 Å². The second-order valence-corrected chi connectivity index (χ2v) is 8.43. The molecule has 3 heterocycles. The van der Waals surface area contributed by atoms with E-state index in [4.69, 9.17) is 4.74 Å². The summed E-state index contributed by atoms with van der Waals surface area (Å²) in [5.74, 6) is 1.57. The molecule has 1 saturated heterocycles. The van der Waals surface area contributed by atoms with Crippen LogP contribution in [0.25, 0.3) is 0 Å². The van der Waals surface area contributed by atoms with Gasteiger partial charge in [0.2, 0.25) is 5.91 Å². The fourth-order valence-electron chi connectivity index (χ4n) is 4.22. The highest BCUT2D eigenvalue weighted by Gasteiger charge is 2.34. The SMILES string of the molecule is COc1ccc([C@@H]2C[C@H](C)N(C(=O)CN3CCc4sccc4C3)C2)cc1. The highest BCUT2D eigenvalue weighted by Crippen LogP contribution is 2.33. The first-order chi connectivity index (χ1) is 12.6. The molecular formula is C21H26N2O2S. The van der Waals surface area contributed by atoms with Crippen molar-refractivity contribution in [2.24, 2.45) is 0 Å². The van der Waals surface area contributed by atoms with Crippen molar-refractivity contribution >= 4 is 17.2 Å². The van der Waals surface area contributed by atoms with E-state index in [1.807, 2.05) is 23.5 Å². The third-order valence-corrected chi connectivity index (χ3v) is 6.75. The number of amides is 1. The Kier molecular flexibility index (Phi) is 5.00. The Morgan fingerprint density at radius 3 is 2.85 bits per heavy atom. The normalized spacial score (nSPS) is 23.1. The van der Waals surface area contributed by atoms with Gasteiger partial charge in [-0.05, 0) is 54.5 Å². The molecule has 138 valence electrons. The Hall–Kier alpha value is -1.85. The number of ether oxygens (including phenoxy) is 1. The van der Waals surface area contributed by atoms with E-state index in [1.54, 1.807) is 7.11 Å². The van der Waals surface area contributed by atoms with E-state index in [1.165, 1.54) is 16.0 Å². The van der Waals surface area contributed by atoms with Gasteiger partial charge in [0, 0.05) is 36.5 Å². The van der Waals surface area contributed by atoms with Gasteiger partial charge in [-0.1, -0.05) is 12.1 Å². The quantitative estimate of drug-likeness (QED) is 0.826. The Morgan fingerprint density at radius 1 is 1.27 bits per heavy atom. The largest absolute Gasteiger partial charge is 0.497 e. The summed E-state index contributed by atoms with van der Waals surface area (Å²) < 4.78 is 5.25. The van der Waals surface area contributed by atoms with Gasteiger partial charge in [-0.3, -0.25) is 9.69 Å². The molecule has 0 saturated carbocycles. The summed E-state index contributed by atoms with van der Waals surface area (Å²) in [6.07, 6.45) is 2.11. The molecule has 0 spiro atoms. The standard InChI is InChI=1S/C21H26N2O2S/c1-15-11-18(16-3-5-19(25-2)6-4-16)13-23(15)21(24)14-22-9-7-20-17(12-22)8-10-26-20/h3-6,8,10,15,18H,7,9,11-14H2,1-2H3/t15-,18+/m0/s1. The number of fused-ring (bicyclic) bond motifs is 1. The lowest BCUT2D eigenvalue weighted by Crippen LogP contribution is -2.43. The Labute approximate surface area is 159 Å². The van der Waals surface area contributed by atoms with Crippen molar-refractivity contribution in [2.75, 3.05) is 26.7 Å². The van der Waals surface area contributed by atoms with Crippen LogP contribution in [0.2, 0.25) is 0 Å². The molecule has 4 rings (SSSR count). The molecule has 1 aromatic carbocycles. The fraction of sp³-hybridized carbons (Fsp3) is 0.476. The molecule has 0 bridgehead atoms. The maximum Gasteiger partial charge on any atom is 0.237 e. The van der Waals surface area contributed by atoms with Crippen molar-refractivity contribution in [1.82, 2.24) is 9.80 Å². The number of hydrogen-bond donors (Lipinski definition) is 0. The highest BCUT2D eigenvalue weighted by molar-refractivity contribution is 7.10. The van der Waals surface area contributed by atoms with Crippen LogP contribution in [0.15, 0.2) is 35.7 Å². The molecule has 1 amide bonds. The number of likely N-dealkylation sites (tertiary alicyclic amines) is 1. The molecule has 0 aliphatic carbocycles. The molecule has 0 radical (unpaired) electrons. The van der Waals surface area contributed by atoms with Crippen molar-refractivity contribution < 1.29 is 9.53 Å². The Morgan fingerprint density at radius 2 is 2.08 bits per heavy atom. The number of thiophene rings is 1. The molecular weight excluding hydrogens is 344 g/mol. The first-order valence-corrected chi connectivity index (χ1v) is 10.2. The first-order valence-electron chi connectivity index (χ1n) is 9.35. The third-order valence-electron chi connectivity index (χ3n) is 5.73. The second kappa shape index (κ2) is 7.41. The lowest BCUT2D eigenvalue weighted by atomic mass is 9.97. The van der Waals surface area contributed by atoms with Crippen molar-refractivity contribution in [1.29, 1.82) is 0 Å². The molecule has 1 aromatic heterocycles. The molecule has 4 nitrogen and oxygen atoms in total. The third kappa shape index (κ3) is 3.51. The van der Waals surface area contributed by atoms with Crippen LogP contribution in [-0.2, 0) is 17.8 Å². The van der Waals surface area contributed by atoms with Crippen molar-refractivity contribution in [2.45, 2.75) is 38.3 Å². The van der Waals surface area contributed by atoms with Crippen molar-refractivity contribution in [3.05, 3.63) is 51.7 Å². The van der Waals surface area contributed by atoms with Gasteiger partial charge in [-0.15, -0.1) is 11.3 Å². The monoisotopic (exact) mass is 370 g/mol. The summed E-state index contributed by atoms with van der Waals surface area (Å²) in [6.45, 7) is 5.44. The summed E-state index contributed by atoms with van der Waals surface area (Å²) in [5, 5.41) is 2.16. The van der Waals surface area contributed by atoms with E-state index in [0.29, 0.717) is 18.5 Å². The van der Waals surface area contributed by atoms with Gasteiger partial charge in [0.15, 0.2) is 0 Å². The smallest absolute Gasteiger partial charge is 0.237 e. The van der Waals surface area contributed by atoms with E-state index in [9.17, 15) is 4.79 Å². The molecule has 2 atom stereocenters. The molecule has 26 heavy (non-hydrogen) atoms. The number of carbonyl (C=O) groups excluding carboxylic acids is 1. The van der Waals surface area contributed by atoms with Crippen LogP contribution in [0.3, 0.4) is 0 Å². The number of methoxy groups -OCH3 is 1. The second-order valence-electron chi connectivity index (χ2n) is 7.43. The van der Waals surface area contributed by atoms with Crippen LogP contribution in [0.4, 0.5) is 0 Å². The average molecular weight is 371 g/mol. The summed E-state index contributed by atoms with van der Waals surface area (Å²) in [7, 11) is 1.69. The van der Waals surface area contributed by atoms with Gasteiger partial charge >= 0.3 is 0 Å². The maximum atomic E-state index is 12.9. The van der Waals surface area contributed by atoms with Gasteiger partial charge in [0.1, 0.15) is 5.75 Å². The zero-order valence-electron chi connectivity index (χ0n) is 15.5. The minimum Gasteiger partial charge on any atom is -0.497 e. The van der Waals surface area contributed by atoms with E-state index in [2.05, 4.69) is 40.3 Å². The molecule has 5 heteroatoms. The lowest BCUT2D eigenvalue weighted by Gasteiger charge is -2.29. The van der Waals surface area contributed by atoms with E-state index < -0.39 is 0 Å². The number of benzene rings is 1. The predicted molar refractivity (Wildman–Crippen MR) is 105 cm³/mol. The number of hydrogen-bond acceptors (Lipinski definition) is 4. The molecule has 2 aliphatic rings. The average Bonchev–Trinajstić information content (AvgIpc) is 3.27. The molecule has 0 N–H and O–H groups in total. The van der Waals surface area contributed by atoms with E-state index in [-0.39, 0.29) is 5.91 Å². The van der Waals surface area contributed by atoms with Crippen LogP contribution in [0.1, 0.15) is 35.3 Å². The summed E-state index contributed by atoms with van der Waals surface area (Å²) >= 11 is 1.84. The molecule has 2 aliphatic heterocycles. The first kappa shape index (κ1) is 17.6. The van der Waals surface area contributed by atoms with Crippen LogP contribution in [0, 0.1) is 0 Å². The summed E-state index contributed by atoms with van der Waals surface area (Å²) in [6, 6.07) is 10.8. The van der Waals surface area contributed by atoms with Crippen LogP contribution in [0.5, 0.6) is 5.75 Å². The minimum atomic E-state index is 0.271.